The molecular weight excluding hydrogens is 214 g/mol. The molecule has 0 heterocycles. The minimum atomic E-state index is 0.173. The Hall–Kier alpha value is -1.59. The van der Waals surface area contributed by atoms with E-state index in [-0.39, 0.29) is 6.04 Å². The van der Waals surface area contributed by atoms with Crippen molar-refractivity contribution in [2.24, 2.45) is 10.8 Å². The zero-order valence-corrected chi connectivity index (χ0v) is 10.6. The summed E-state index contributed by atoms with van der Waals surface area (Å²) < 4.78 is 0. The van der Waals surface area contributed by atoms with E-state index in [1.807, 2.05) is 51.4 Å². The van der Waals surface area contributed by atoms with E-state index in [1.165, 1.54) is 0 Å². The van der Waals surface area contributed by atoms with Gasteiger partial charge in [-0.1, -0.05) is 18.2 Å². The lowest BCUT2D eigenvalue weighted by molar-refractivity contribution is 0.383. The van der Waals surface area contributed by atoms with Crippen LogP contribution in [0, 0.1) is 0 Å². The predicted octanol–water partition coefficient (Wildman–Crippen LogP) is 0.868. The van der Waals surface area contributed by atoms with Gasteiger partial charge in [-0.05, 0) is 33.2 Å². The molecule has 0 saturated heterocycles. The van der Waals surface area contributed by atoms with Crippen molar-refractivity contribution < 1.29 is 0 Å². The number of rotatable bonds is 4. The fourth-order valence-electron chi connectivity index (χ4n) is 1.55. The number of likely N-dealkylation sites (N-methyl/N-ethyl adjacent to an activating group) is 1. The molecule has 0 bridgehead atoms. The lowest BCUT2D eigenvalue weighted by Crippen LogP contribution is -2.38. The molecule has 1 aromatic rings. The summed E-state index contributed by atoms with van der Waals surface area (Å²) in [7, 11) is 4.04. The van der Waals surface area contributed by atoms with Crippen molar-refractivity contribution in [3.05, 3.63) is 30.3 Å². The molecule has 0 aliphatic rings. The van der Waals surface area contributed by atoms with Crippen LogP contribution in [-0.4, -0.2) is 37.5 Å². The molecule has 0 amide bonds. The Morgan fingerprint density at radius 1 is 1.35 bits per heavy atom. The van der Waals surface area contributed by atoms with Gasteiger partial charge in [0.25, 0.3) is 0 Å². The number of para-hydroxylation sites is 1. The van der Waals surface area contributed by atoms with Crippen LogP contribution in [0.2, 0.25) is 0 Å². The first kappa shape index (κ1) is 13.5. The first-order valence-electron chi connectivity index (χ1n) is 5.63. The maximum absolute atomic E-state index is 5.44. The van der Waals surface area contributed by atoms with Crippen molar-refractivity contribution in [1.82, 2.24) is 10.3 Å². The monoisotopic (exact) mass is 235 g/mol. The van der Waals surface area contributed by atoms with Crippen LogP contribution >= 0.6 is 0 Å². The minimum absolute atomic E-state index is 0.173. The number of hydrogen-bond donors (Lipinski definition) is 3. The van der Waals surface area contributed by atoms with Crippen LogP contribution in [0.1, 0.15) is 6.92 Å². The van der Waals surface area contributed by atoms with Gasteiger partial charge in [-0.2, -0.15) is 0 Å². The average Bonchev–Trinajstić information content (AvgIpc) is 2.28. The normalized spacial score (nSPS) is 13.6. The maximum Gasteiger partial charge on any atom is 0.210 e. The number of nitrogens with one attached hydrogen (secondary N) is 2. The molecule has 1 rings (SSSR count). The summed E-state index contributed by atoms with van der Waals surface area (Å²) >= 11 is 0. The molecular formula is C12H21N5. The average molecular weight is 235 g/mol. The molecule has 1 unspecified atom stereocenters. The zero-order valence-electron chi connectivity index (χ0n) is 10.6. The second kappa shape index (κ2) is 6.88. The lowest BCUT2D eigenvalue weighted by atomic mass is 10.3. The van der Waals surface area contributed by atoms with Crippen LogP contribution in [0.15, 0.2) is 35.3 Å². The highest BCUT2D eigenvalue weighted by atomic mass is 15.3. The van der Waals surface area contributed by atoms with Crippen LogP contribution in [0.5, 0.6) is 0 Å². The van der Waals surface area contributed by atoms with Gasteiger partial charge in [-0.3, -0.25) is 5.43 Å². The summed E-state index contributed by atoms with van der Waals surface area (Å²) in [6.45, 7) is 2.92. The van der Waals surface area contributed by atoms with Gasteiger partial charge in [0.1, 0.15) is 0 Å². The third kappa shape index (κ3) is 5.33. The van der Waals surface area contributed by atoms with Crippen molar-refractivity contribution >= 4 is 11.6 Å². The lowest BCUT2D eigenvalue weighted by Gasteiger charge is -2.15. The first-order valence-corrected chi connectivity index (χ1v) is 5.63. The van der Waals surface area contributed by atoms with Crippen molar-refractivity contribution in [1.29, 1.82) is 0 Å². The fourth-order valence-corrected chi connectivity index (χ4v) is 1.55. The van der Waals surface area contributed by atoms with E-state index in [4.69, 9.17) is 5.84 Å². The van der Waals surface area contributed by atoms with Crippen LogP contribution < -0.4 is 16.6 Å². The first-order chi connectivity index (χ1) is 8.11. The Morgan fingerprint density at radius 2 is 2.00 bits per heavy atom. The van der Waals surface area contributed by atoms with Gasteiger partial charge < -0.3 is 10.2 Å². The van der Waals surface area contributed by atoms with E-state index in [2.05, 4.69) is 20.6 Å². The molecule has 5 nitrogen and oxygen atoms in total. The number of nitrogens with two attached hydrogens (primary N) is 1. The third-order valence-corrected chi connectivity index (χ3v) is 2.15. The van der Waals surface area contributed by atoms with Crippen LogP contribution in [0.3, 0.4) is 0 Å². The highest BCUT2D eigenvalue weighted by molar-refractivity contribution is 5.93. The van der Waals surface area contributed by atoms with E-state index >= 15 is 0 Å². The molecule has 0 radical (unpaired) electrons. The smallest absolute Gasteiger partial charge is 0.210 e. The molecule has 1 atom stereocenters. The number of guanidine groups is 1. The molecule has 0 fully saturated rings. The fraction of sp³-hybridized carbons (Fsp3) is 0.417. The van der Waals surface area contributed by atoms with E-state index in [9.17, 15) is 0 Å². The number of hydrazine groups is 1. The van der Waals surface area contributed by atoms with Gasteiger partial charge in [-0.15, -0.1) is 0 Å². The molecule has 5 heteroatoms. The summed E-state index contributed by atoms with van der Waals surface area (Å²) in [4.78, 5) is 6.55. The van der Waals surface area contributed by atoms with E-state index in [0.29, 0.717) is 5.96 Å². The summed E-state index contributed by atoms with van der Waals surface area (Å²) in [6.07, 6.45) is 0. The van der Waals surface area contributed by atoms with Gasteiger partial charge in [0.05, 0.1) is 6.04 Å². The topological polar surface area (TPSA) is 65.7 Å². The van der Waals surface area contributed by atoms with E-state index in [0.717, 1.165) is 12.2 Å². The summed E-state index contributed by atoms with van der Waals surface area (Å²) in [5.74, 6) is 6.02. The van der Waals surface area contributed by atoms with E-state index < -0.39 is 0 Å². The molecule has 0 aliphatic heterocycles. The number of hydrogen-bond acceptors (Lipinski definition) is 3. The molecule has 1 aromatic carbocycles. The van der Waals surface area contributed by atoms with Crippen molar-refractivity contribution in [3.8, 4) is 0 Å². The van der Waals surface area contributed by atoms with Gasteiger partial charge in [0.15, 0.2) is 0 Å². The third-order valence-electron chi connectivity index (χ3n) is 2.15. The molecule has 0 aliphatic carbocycles. The largest absolute Gasteiger partial charge is 0.325 e. The number of anilines is 1. The predicted molar refractivity (Wildman–Crippen MR) is 72.8 cm³/mol. The molecule has 0 spiro atoms. The highest BCUT2D eigenvalue weighted by Gasteiger charge is 2.04. The van der Waals surface area contributed by atoms with Gasteiger partial charge in [0, 0.05) is 12.2 Å². The van der Waals surface area contributed by atoms with Gasteiger partial charge in [-0.25, -0.2) is 10.8 Å². The molecule has 94 valence electrons. The SMILES string of the molecule is CC(CN(C)C)N=C(NN)Nc1ccccc1. The Balaban J connectivity index is 2.62. The van der Waals surface area contributed by atoms with Crippen molar-refractivity contribution in [3.63, 3.8) is 0 Å². The Morgan fingerprint density at radius 3 is 2.53 bits per heavy atom. The number of benzene rings is 1. The summed E-state index contributed by atoms with van der Waals surface area (Å²) in [5, 5.41) is 3.13. The Labute approximate surface area is 103 Å². The highest BCUT2D eigenvalue weighted by Crippen LogP contribution is 2.04. The van der Waals surface area contributed by atoms with Crippen molar-refractivity contribution in [2.75, 3.05) is 26.0 Å². The number of nitrogens with zero attached hydrogens (tertiary/aromatic N) is 2. The zero-order chi connectivity index (χ0) is 12.7. The van der Waals surface area contributed by atoms with Gasteiger partial charge >= 0.3 is 0 Å². The summed E-state index contributed by atoms with van der Waals surface area (Å²) in [5.41, 5.74) is 3.53. The standard InChI is InChI=1S/C12H21N5/c1-10(9-17(2)3)14-12(16-13)15-11-7-5-4-6-8-11/h4-8,10H,9,13H2,1-3H3,(H2,14,15,16). The molecule has 0 saturated carbocycles. The van der Waals surface area contributed by atoms with E-state index in [1.54, 1.807) is 0 Å². The Kier molecular flexibility index (Phi) is 5.45. The van der Waals surface area contributed by atoms with Crippen molar-refractivity contribution in [2.45, 2.75) is 13.0 Å². The molecule has 0 aromatic heterocycles. The minimum Gasteiger partial charge on any atom is -0.325 e. The second-order valence-corrected chi connectivity index (χ2v) is 4.22. The molecule has 4 N–H and O–H groups in total. The van der Waals surface area contributed by atoms with Gasteiger partial charge in [0.2, 0.25) is 5.96 Å². The quantitative estimate of drug-likeness (QED) is 0.313. The number of aliphatic imine (C=N–C) groups is 1. The molecule has 17 heavy (non-hydrogen) atoms. The second-order valence-electron chi connectivity index (χ2n) is 4.22. The maximum atomic E-state index is 5.44. The van der Waals surface area contributed by atoms with Crippen LogP contribution in [0.4, 0.5) is 5.69 Å². The summed E-state index contributed by atoms with van der Waals surface area (Å²) in [6, 6.07) is 9.98. The Bertz CT molecular complexity index is 347. The van der Waals surface area contributed by atoms with Crippen LogP contribution in [-0.2, 0) is 0 Å². The van der Waals surface area contributed by atoms with Crippen LogP contribution in [0.25, 0.3) is 0 Å².